The van der Waals surface area contributed by atoms with Gasteiger partial charge in [0.25, 0.3) is 0 Å². The number of carboxylic acid groups (broad SMARTS) is 1. The highest BCUT2D eigenvalue weighted by Gasteiger charge is 2.22. The Morgan fingerprint density at radius 2 is 2.16 bits per heavy atom. The number of carboxylic acids is 1. The highest BCUT2D eigenvalue weighted by molar-refractivity contribution is 5.67. The molecular formula is C15H18N2O2. The summed E-state index contributed by atoms with van der Waals surface area (Å²) in [4.78, 5) is 12.9. The van der Waals surface area contributed by atoms with Gasteiger partial charge in [0.2, 0.25) is 0 Å². The second-order valence-corrected chi connectivity index (χ2v) is 5.16. The maximum Gasteiger partial charge on any atom is 0.303 e. The quantitative estimate of drug-likeness (QED) is 0.905. The van der Waals surface area contributed by atoms with Crippen molar-refractivity contribution in [3.63, 3.8) is 0 Å². The van der Waals surface area contributed by atoms with E-state index in [9.17, 15) is 10.1 Å². The fourth-order valence-corrected chi connectivity index (χ4v) is 2.64. The van der Waals surface area contributed by atoms with Crippen molar-refractivity contribution in [3.8, 4) is 6.07 Å². The van der Waals surface area contributed by atoms with Gasteiger partial charge < -0.3 is 10.0 Å². The summed E-state index contributed by atoms with van der Waals surface area (Å²) < 4.78 is 0. The molecule has 1 aromatic rings. The van der Waals surface area contributed by atoms with Crippen LogP contribution in [-0.4, -0.2) is 24.2 Å². The number of aliphatic carboxylic acids is 1. The minimum absolute atomic E-state index is 0.257. The molecule has 1 aliphatic rings. The lowest BCUT2D eigenvalue weighted by atomic mass is 9.93. The molecule has 1 fully saturated rings. The summed E-state index contributed by atoms with van der Waals surface area (Å²) in [6, 6.07) is 8.15. The molecule has 4 heteroatoms. The normalized spacial score (nSPS) is 16.1. The first-order valence-electron chi connectivity index (χ1n) is 6.57. The maximum absolute atomic E-state index is 10.7. The number of nitrogens with zero attached hydrogens (tertiary/aromatic N) is 2. The number of hydrogen-bond acceptors (Lipinski definition) is 3. The van der Waals surface area contributed by atoms with Crippen LogP contribution in [-0.2, 0) is 4.79 Å². The molecule has 0 amide bonds. The van der Waals surface area contributed by atoms with Gasteiger partial charge in [-0.15, -0.1) is 0 Å². The van der Waals surface area contributed by atoms with Crippen LogP contribution in [0, 0.1) is 24.2 Å². The van der Waals surface area contributed by atoms with Gasteiger partial charge in [-0.25, -0.2) is 0 Å². The Morgan fingerprint density at radius 1 is 1.47 bits per heavy atom. The van der Waals surface area contributed by atoms with Crippen molar-refractivity contribution >= 4 is 11.7 Å². The molecule has 4 nitrogen and oxygen atoms in total. The fraction of sp³-hybridized carbons (Fsp3) is 0.467. The third kappa shape index (κ3) is 3.25. The zero-order chi connectivity index (χ0) is 13.8. The minimum Gasteiger partial charge on any atom is -0.481 e. The van der Waals surface area contributed by atoms with E-state index in [0.717, 1.165) is 37.2 Å². The van der Waals surface area contributed by atoms with Gasteiger partial charge in [-0.1, -0.05) is 6.07 Å². The van der Waals surface area contributed by atoms with Crippen LogP contribution < -0.4 is 4.90 Å². The lowest BCUT2D eigenvalue weighted by molar-refractivity contribution is -0.138. The van der Waals surface area contributed by atoms with Crippen molar-refractivity contribution in [3.05, 3.63) is 29.3 Å². The van der Waals surface area contributed by atoms with Crippen LogP contribution in [0.2, 0.25) is 0 Å². The van der Waals surface area contributed by atoms with E-state index in [0.29, 0.717) is 5.56 Å². The summed E-state index contributed by atoms with van der Waals surface area (Å²) >= 11 is 0. The molecule has 1 N–H and O–H groups in total. The summed E-state index contributed by atoms with van der Waals surface area (Å²) in [5.41, 5.74) is 2.76. The van der Waals surface area contributed by atoms with E-state index in [4.69, 9.17) is 5.11 Å². The molecule has 0 spiro atoms. The predicted octanol–water partition coefficient (Wildman–Crippen LogP) is 2.56. The van der Waals surface area contributed by atoms with E-state index in [1.165, 1.54) is 0 Å². The molecule has 1 aromatic carbocycles. The van der Waals surface area contributed by atoms with Gasteiger partial charge >= 0.3 is 5.97 Å². The van der Waals surface area contributed by atoms with Crippen LogP contribution in [0.4, 0.5) is 5.69 Å². The molecule has 2 rings (SSSR count). The largest absolute Gasteiger partial charge is 0.481 e. The summed E-state index contributed by atoms with van der Waals surface area (Å²) in [6.07, 6.45) is 2.02. The van der Waals surface area contributed by atoms with E-state index in [1.54, 1.807) is 0 Å². The Labute approximate surface area is 113 Å². The molecule has 0 aromatic heterocycles. The fourth-order valence-electron chi connectivity index (χ4n) is 2.64. The van der Waals surface area contributed by atoms with E-state index < -0.39 is 5.97 Å². The average molecular weight is 258 g/mol. The summed E-state index contributed by atoms with van der Waals surface area (Å²) in [7, 11) is 0. The second kappa shape index (κ2) is 5.75. The number of aryl methyl sites for hydroxylation is 1. The summed E-state index contributed by atoms with van der Waals surface area (Å²) in [5.74, 6) is -0.448. The topological polar surface area (TPSA) is 64.3 Å². The smallest absolute Gasteiger partial charge is 0.303 e. The van der Waals surface area contributed by atoms with Crippen molar-refractivity contribution in [1.82, 2.24) is 0 Å². The highest BCUT2D eigenvalue weighted by atomic mass is 16.4. The third-order valence-electron chi connectivity index (χ3n) is 3.69. The molecule has 0 saturated carbocycles. The van der Waals surface area contributed by atoms with E-state index in [2.05, 4.69) is 11.0 Å². The van der Waals surface area contributed by atoms with Gasteiger partial charge in [0.1, 0.15) is 6.07 Å². The number of hydrogen-bond donors (Lipinski definition) is 1. The number of carbonyl (C=O) groups is 1. The molecule has 19 heavy (non-hydrogen) atoms. The number of anilines is 1. The first-order chi connectivity index (χ1) is 9.10. The van der Waals surface area contributed by atoms with Gasteiger partial charge in [0, 0.05) is 19.5 Å². The van der Waals surface area contributed by atoms with Gasteiger partial charge in [-0.2, -0.15) is 5.26 Å². The lowest BCUT2D eigenvalue weighted by Gasteiger charge is -2.33. The number of rotatable bonds is 3. The lowest BCUT2D eigenvalue weighted by Crippen LogP contribution is -2.34. The molecular weight excluding hydrogens is 240 g/mol. The number of piperidine rings is 1. The number of benzene rings is 1. The second-order valence-electron chi connectivity index (χ2n) is 5.16. The van der Waals surface area contributed by atoms with E-state index >= 15 is 0 Å². The van der Waals surface area contributed by atoms with Crippen LogP contribution in [0.25, 0.3) is 0 Å². The van der Waals surface area contributed by atoms with Crippen molar-refractivity contribution in [1.29, 1.82) is 5.26 Å². The molecule has 0 unspecified atom stereocenters. The average Bonchev–Trinajstić information content (AvgIpc) is 2.39. The molecule has 0 bridgehead atoms. The first-order valence-corrected chi connectivity index (χ1v) is 6.57. The van der Waals surface area contributed by atoms with Crippen molar-refractivity contribution in [2.24, 2.45) is 5.92 Å². The van der Waals surface area contributed by atoms with Gasteiger partial charge in [0.05, 0.1) is 11.3 Å². The molecule has 1 saturated heterocycles. The molecule has 0 radical (unpaired) electrons. The molecule has 100 valence electrons. The predicted molar refractivity (Wildman–Crippen MR) is 73.1 cm³/mol. The van der Waals surface area contributed by atoms with Gasteiger partial charge in [-0.3, -0.25) is 4.79 Å². The van der Waals surface area contributed by atoms with E-state index in [1.807, 2.05) is 25.1 Å². The van der Waals surface area contributed by atoms with Crippen LogP contribution in [0.15, 0.2) is 18.2 Å². The van der Waals surface area contributed by atoms with Gasteiger partial charge in [-0.05, 0) is 43.4 Å². The summed E-state index contributed by atoms with van der Waals surface area (Å²) in [6.45, 7) is 3.63. The first kappa shape index (κ1) is 13.4. The Bertz CT molecular complexity index is 511. The third-order valence-corrected chi connectivity index (χ3v) is 3.69. The van der Waals surface area contributed by atoms with Crippen molar-refractivity contribution in [2.45, 2.75) is 26.2 Å². The zero-order valence-corrected chi connectivity index (χ0v) is 11.1. The number of nitriles is 1. The Morgan fingerprint density at radius 3 is 2.74 bits per heavy atom. The molecule has 1 aliphatic heterocycles. The maximum atomic E-state index is 10.7. The van der Waals surface area contributed by atoms with Crippen LogP contribution in [0.3, 0.4) is 0 Å². The summed E-state index contributed by atoms with van der Waals surface area (Å²) in [5, 5.41) is 18.0. The van der Waals surface area contributed by atoms with Gasteiger partial charge in [0.15, 0.2) is 0 Å². The van der Waals surface area contributed by atoms with Crippen LogP contribution >= 0.6 is 0 Å². The molecule has 0 aliphatic carbocycles. The Kier molecular flexibility index (Phi) is 4.06. The monoisotopic (exact) mass is 258 g/mol. The molecule has 0 atom stereocenters. The highest BCUT2D eigenvalue weighted by Crippen LogP contribution is 2.28. The van der Waals surface area contributed by atoms with Crippen LogP contribution in [0.1, 0.15) is 30.4 Å². The molecule has 1 heterocycles. The van der Waals surface area contributed by atoms with E-state index in [-0.39, 0.29) is 12.3 Å². The minimum atomic E-state index is -0.716. The van der Waals surface area contributed by atoms with Crippen molar-refractivity contribution < 1.29 is 9.90 Å². The standard InChI is InChI=1S/C15H18N2O2/c1-11-2-3-14(13(8-11)10-16)17-6-4-12(5-7-17)9-15(18)19/h2-3,8,12H,4-7,9H2,1H3,(H,18,19). The Balaban J connectivity index is 2.06. The zero-order valence-electron chi connectivity index (χ0n) is 11.1. The SMILES string of the molecule is Cc1ccc(N2CCC(CC(=O)O)CC2)c(C#N)c1. The Hall–Kier alpha value is -2.02. The van der Waals surface area contributed by atoms with Crippen molar-refractivity contribution in [2.75, 3.05) is 18.0 Å². The van der Waals surface area contributed by atoms with Crippen LogP contribution in [0.5, 0.6) is 0 Å².